The van der Waals surface area contributed by atoms with E-state index in [0.29, 0.717) is 0 Å². The smallest absolute Gasteiger partial charge is 0.264 e. The number of nitrogens with zero attached hydrogens (tertiary/aromatic N) is 3. The number of para-hydroxylation sites is 2. The van der Waals surface area contributed by atoms with E-state index in [9.17, 15) is 0 Å². The molecule has 61 heavy (non-hydrogen) atoms. The maximum Gasteiger partial charge on any atom is 0.264 e. The molecule has 0 saturated carbocycles. The fraction of sp³-hybridized carbons (Fsp3) is 0.214. The van der Waals surface area contributed by atoms with E-state index < -0.39 is 0 Å². The Morgan fingerprint density at radius 2 is 1.02 bits per heavy atom. The highest BCUT2D eigenvalue weighted by atomic mass is 32.1. The molecule has 0 amide bonds. The van der Waals surface area contributed by atoms with Crippen LogP contribution in [0.5, 0.6) is 0 Å². The van der Waals surface area contributed by atoms with Crippen LogP contribution in [-0.2, 0) is 16.2 Å². The van der Waals surface area contributed by atoms with Gasteiger partial charge in [0, 0.05) is 59.2 Å². The zero-order chi connectivity index (χ0) is 41.9. The zero-order valence-corrected chi connectivity index (χ0v) is 37.4. The van der Waals surface area contributed by atoms with Crippen molar-refractivity contribution in [3.8, 4) is 0 Å². The van der Waals surface area contributed by atoms with Crippen LogP contribution in [0.25, 0.3) is 48.2 Å². The minimum Gasteiger partial charge on any atom is -0.311 e. The molecule has 2 aliphatic heterocycles. The summed E-state index contributed by atoms with van der Waals surface area (Å²) < 4.78 is 5.27. The molecule has 0 fully saturated rings. The molecular formula is C56H50BN3S. The summed E-state index contributed by atoms with van der Waals surface area (Å²) >= 11 is 1.98. The summed E-state index contributed by atoms with van der Waals surface area (Å²) in [6.45, 7) is 20.9. The van der Waals surface area contributed by atoms with Crippen molar-refractivity contribution in [2.45, 2.75) is 78.6 Å². The van der Waals surface area contributed by atoms with Gasteiger partial charge < -0.3 is 14.2 Å². The van der Waals surface area contributed by atoms with Crippen LogP contribution in [0.3, 0.4) is 0 Å². The van der Waals surface area contributed by atoms with Gasteiger partial charge in [0.2, 0.25) is 0 Å². The van der Waals surface area contributed by atoms with Crippen molar-refractivity contribution in [2.24, 2.45) is 0 Å². The van der Waals surface area contributed by atoms with Crippen LogP contribution in [0.15, 0.2) is 140 Å². The fourth-order valence-corrected chi connectivity index (χ4v) is 11.9. The summed E-state index contributed by atoms with van der Waals surface area (Å²) in [5, 5.41) is 6.57. The lowest BCUT2D eigenvalue weighted by molar-refractivity contribution is 0.590. The van der Waals surface area contributed by atoms with Crippen molar-refractivity contribution in [1.29, 1.82) is 0 Å². The van der Waals surface area contributed by atoms with Crippen LogP contribution >= 0.6 is 11.3 Å². The summed E-state index contributed by atoms with van der Waals surface area (Å²) in [7, 11) is 0. The van der Waals surface area contributed by atoms with Gasteiger partial charge in [-0.25, -0.2) is 0 Å². The van der Waals surface area contributed by atoms with E-state index in [4.69, 9.17) is 0 Å². The number of rotatable bonds is 2. The summed E-state index contributed by atoms with van der Waals surface area (Å²) in [6.07, 6.45) is 0. The van der Waals surface area contributed by atoms with Crippen LogP contribution in [-0.4, -0.2) is 11.1 Å². The molecule has 5 heteroatoms. The van der Waals surface area contributed by atoms with Crippen molar-refractivity contribution in [3.63, 3.8) is 0 Å². The summed E-state index contributed by atoms with van der Waals surface area (Å²) in [4.78, 5) is 5.21. The molecule has 0 aliphatic carbocycles. The van der Waals surface area contributed by atoms with Gasteiger partial charge in [0.1, 0.15) is 0 Å². The Kier molecular flexibility index (Phi) is 7.41. The molecule has 0 atom stereocenters. The lowest BCUT2D eigenvalue weighted by atomic mass is 9.36. The van der Waals surface area contributed by atoms with Crippen molar-refractivity contribution in [3.05, 3.63) is 156 Å². The molecule has 0 unspecified atom stereocenters. The minimum absolute atomic E-state index is 0.0185. The Morgan fingerprint density at radius 1 is 0.459 bits per heavy atom. The number of thiophene rings is 1. The molecule has 3 aromatic heterocycles. The molecule has 0 radical (unpaired) electrons. The lowest BCUT2D eigenvalue weighted by Gasteiger charge is -2.43. The van der Waals surface area contributed by atoms with E-state index in [-0.39, 0.29) is 23.0 Å². The van der Waals surface area contributed by atoms with Gasteiger partial charge in [-0.1, -0.05) is 141 Å². The second-order valence-corrected chi connectivity index (χ2v) is 21.7. The maximum atomic E-state index is 2.61. The number of fused-ring (bicyclic) bond motifs is 13. The third-order valence-corrected chi connectivity index (χ3v) is 15.0. The van der Waals surface area contributed by atoms with Crippen LogP contribution in [0.2, 0.25) is 0 Å². The number of hydrogen-bond donors (Lipinski definition) is 0. The molecule has 2 aliphatic rings. The van der Waals surface area contributed by atoms with E-state index >= 15 is 0 Å². The summed E-state index contributed by atoms with van der Waals surface area (Å²) in [5.74, 6) is 0. The van der Waals surface area contributed by atoms with Gasteiger partial charge in [-0.3, -0.25) is 0 Å². The molecule has 5 heterocycles. The largest absolute Gasteiger partial charge is 0.311 e. The highest BCUT2D eigenvalue weighted by molar-refractivity contribution is 7.33. The first-order valence-corrected chi connectivity index (χ1v) is 22.7. The number of hydrogen-bond acceptors (Lipinski definition) is 3. The molecule has 0 N–H and O–H groups in total. The Balaban J connectivity index is 1.22. The molecule has 0 spiro atoms. The Labute approximate surface area is 363 Å². The third-order valence-electron chi connectivity index (χ3n) is 13.8. The quantitative estimate of drug-likeness (QED) is 0.161. The first-order valence-electron chi connectivity index (χ1n) is 21.9. The number of benzene rings is 7. The maximum absolute atomic E-state index is 2.61. The van der Waals surface area contributed by atoms with Gasteiger partial charge in [-0.05, 0) is 105 Å². The van der Waals surface area contributed by atoms with Crippen molar-refractivity contribution < 1.29 is 0 Å². The molecule has 12 rings (SSSR count). The summed E-state index contributed by atoms with van der Waals surface area (Å²) in [5.41, 5.74) is 18.2. The standard InChI is InChI=1S/C56H50BN3S/c1-54(2,3)33-20-25-36(26-21-33)58-45-18-13-19-46-49(45)57(53-51(58)41-32-35(56(7,8)9)24-31-47(41)61-53)42-29-30-44-48(52(42)59(46)37-27-22-34(23-28-37)55(4,5)6)40-16-12-15-39-38-14-10-11-17-43(38)60(44)50(39)40/h10-32H,1-9H3. The number of aromatic nitrogens is 1. The molecule has 0 saturated heterocycles. The van der Waals surface area contributed by atoms with Crippen LogP contribution in [0, 0.1) is 0 Å². The van der Waals surface area contributed by atoms with Crippen molar-refractivity contribution >= 4 is 116 Å². The molecule has 7 aromatic carbocycles. The van der Waals surface area contributed by atoms with E-state index in [1.54, 1.807) is 0 Å². The Bertz CT molecular complexity index is 3420. The highest BCUT2D eigenvalue weighted by Crippen LogP contribution is 2.51. The second kappa shape index (κ2) is 12.3. The predicted molar refractivity (Wildman–Crippen MR) is 267 cm³/mol. The van der Waals surface area contributed by atoms with Gasteiger partial charge in [-0.2, -0.15) is 0 Å². The fourth-order valence-electron chi connectivity index (χ4n) is 10.6. The first kappa shape index (κ1) is 36.8. The van der Waals surface area contributed by atoms with Crippen LogP contribution in [0.1, 0.15) is 79.0 Å². The predicted octanol–water partition coefficient (Wildman–Crippen LogP) is 14.0. The zero-order valence-electron chi connectivity index (χ0n) is 36.6. The average Bonchev–Trinajstić information content (AvgIpc) is 3.90. The third kappa shape index (κ3) is 5.10. The highest BCUT2D eigenvalue weighted by Gasteiger charge is 2.46. The molecule has 3 nitrogen and oxygen atoms in total. The van der Waals surface area contributed by atoms with Gasteiger partial charge in [0.05, 0.1) is 27.9 Å². The molecule has 0 bridgehead atoms. The second-order valence-electron chi connectivity index (χ2n) is 20.6. The monoisotopic (exact) mass is 807 g/mol. The molecular weight excluding hydrogens is 758 g/mol. The van der Waals surface area contributed by atoms with Crippen LogP contribution in [0.4, 0.5) is 34.1 Å². The van der Waals surface area contributed by atoms with E-state index in [1.807, 2.05) is 11.3 Å². The van der Waals surface area contributed by atoms with E-state index in [2.05, 4.69) is 216 Å². The Morgan fingerprint density at radius 3 is 1.66 bits per heavy atom. The molecule has 10 aromatic rings. The normalized spacial score (nSPS) is 14.2. The molecule has 298 valence electrons. The van der Waals surface area contributed by atoms with Gasteiger partial charge in [0.15, 0.2) is 0 Å². The van der Waals surface area contributed by atoms with Gasteiger partial charge in [0.25, 0.3) is 6.71 Å². The average molecular weight is 808 g/mol. The van der Waals surface area contributed by atoms with Crippen molar-refractivity contribution in [2.75, 3.05) is 9.80 Å². The topological polar surface area (TPSA) is 10.9 Å². The van der Waals surface area contributed by atoms with Gasteiger partial charge >= 0.3 is 0 Å². The van der Waals surface area contributed by atoms with E-state index in [0.717, 1.165) is 0 Å². The van der Waals surface area contributed by atoms with Crippen LogP contribution < -0.4 is 25.5 Å². The van der Waals surface area contributed by atoms with Crippen molar-refractivity contribution in [1.82, 2.24) is 4.40 Å². The van der Waals surface area contributed by atoms with Gasteiger partial charge in [-0.15, -0.1) is 11.3 Å². The first-order chi connectivity index (χ1) is 29.2. The SMILES string of the molecule is CC(C)(C)c1ccc(N2c3cccc4c3B(c3ccc5c(c3N4c3ccc(C(C)(C)C)cc3)c3cccc4c6ccccc6n5c43)c3sc4ccc(C(C)(C)C)cc4c32)cc1. The van der Waals surface area contributed by atoms with E-state index in [1.165, 1.54) is 115 Å². The lowest BCUT2D eigenvalue weighted by Crippen LogP contribution is -2.60. The minimum atomic E-state index is 0.0185. The summed E-state index contributed by atoms with van der Waals surface area (Å²) in [6, 6.07) is 53.8. The Hall–Kier alpha value is -6.04. The number of anilines is 6.